The van der Waals surface area contributed by atoms with Crippen LogP contribution in [0.1, 0.15) is 50.8 Å². The van der Waals surface area contributed by atoms with Crippen LogP contribution in [0.15, 0.2) is 47.3 Å². The van der Waals surface area contributed by atoms with Gasteiger partial charge in [0, 0.05) is 24.2 Å². The van der Waals surface area contributed by atoms with Crippen molar-refractivity contribution in [2.45, 2.75) is 63.8 Å². The highest BCUT2D eigenvalue weighted by Gasteiger charge is 2.31. The van der Waals surface area contributed by atoms with Crippen molar-refractivity contribution in [1.29, 1.82) is 0 Å². The second-order valence-corrected chi connectivity index (χ2v) is 8.84. The molecule has 29 heavy (non-hydrogen) atoms. The van der Waals surface area contributed by atoms with Crippen LogP contribution in [0, 0.1) is 0 Å². The van der Waals surface area contributed by atoms with Gasteiger partial charge in [0.15, 0.2) is 0 Å². The number of aryl methyl sites for hydroxylation is 1. The van der Waals surface area contributed by atoms with Crippen LogP contribution in [0.5, 0.6) is 5.75 Å². The number of para-hydroxylation sites is 2. The minimum atomic E-state index is -0.696. The molecule has 1 aliphatic heterocycles. The molecule has 0 amide bonds. The number of phenols is 1. The quantitative estimate of drug-likeness (QED) is 0.534. The first-order valence-electron chi connectivity index (χ1n) is 10.2. The molecule has 0 bridgehead atoms. The van der Waals surface area contributed by atoms with Gasteiger partial charge in [0.05, 0.1) is 17.1 Å². The molecule has 1 aliphatic rings. The summed E-state index contributed by atoms with van der Waals surface area (Å²) in [6.07, 6.45) is 0.757. The van der Waals surface area contributed by atoms with Crippen LogP contribution in [0.3, 0.4) is 0 Å². The van der Waals surface area contributed by atoms with E-state index in [1.165, 1.54) is 0 Å². The molecule has 6 nitrogen and oxygen atoms in total. The van der Waals surface area contributed by atoms with Gasteiger partial charge in [0.2, 0.25) is 0 Å². The lowest BCUT2D eigenvalue weighted by Gasteiger charge is -2.33. The van der Waals surface area contributed by atoms with Crippen LogP contribution in [-0.4, -0.2) is 31.8 Å². The maximum Gasteiger partial charge on any atom is 0.326 e. The Kier molecular flexibility index (Phi) is 5.00. The van der Waals surface area contributed by atoms with Gasteiger partial charge in [0.25, 0.3) is 0 Å². The molecule has 0 aliphatic carbocycles. The van der Waals surface area contributed by atoms with Gasteiger partial charge < -0.3 is 20.5 Å². The summed E-state index contributed by atoms with van der Waals surface area (Å²) in [5, 5.41) is 24.9. The highest BCUT2D eigenvalue weighted by molar-refractivity contribution is 5.79. The molecule has 1 aromatic heterocycles. The SMILES string of the molecule is CC(CC(C)(C)c1ccccc1O)NC1CCn2c(=O)[nH]c3cccc(c32)C1O. The van der Waals surface area contributed by atoms with Gasteiger partial charge in [-0.25, -0.2) is 4.79 Å². The molecule has 3 unspecified atom stereocenters. The molecule has 0 saturated carbocycles. The standard InChI is InChI=1S/C23H29N3O3/c1-14(13-23(2,3)16-8-4-5-10-19(16)27)24-18-11-12-26-20-15(21(18)28)7-6-9-17(20)25-22(26)29/h4-10,14,18,21,24,27-28H,11-13H2,1-3H3,(H,25,29). The van der Waals surface area contributed by atoms with E-state index in [-0.39, 0.29) is 23.2 Å². The van der Waals surface area contributed by atoms with E-state index in [9.17, 15) is 15.0 Å². The number of aromatic nitrogens is 2. The summed E-state index contributed by atoms with van der Waals surface area (Å²) in [4.78, 5) is 15.2. The van der Waals surface area contributed by atoms with Crippen molar-refractivity contribution in [3.63, 3.8) is 0 Å². The molecule has 2 aromatic carbocycles. The minimum absolute atomic E-state index is 0.110. The molecule has 3 aromatic rings. The van der Waals surface area contributed by atoms with Crippen LogP contribution >= 0.6 is 0 Å². The number of nitrogens with one attached hydrogen (secondary N) is 2. The molecule has 2 heterocycles. The van der Waals surface area contributed by atoms with Crippen LogP contribution in [0.4, 0.5) is 0 Å². The minimum Gasteiger partial charge on any atom is -0.508 e. The van der Waals surface area contributed by atoms with E-state index in [1.54, 1.807) is 10.6 Å². The number of aromatic hydroxyl groups is 1. The van der Waals surface area contributed by atoms with Gasteiger partial charge in [-0.15, -0.1) is 0 Å². The third kappa shape index (κ3) is 3.58. The zero-order valence-electron chi connectivity index (χ0n) is 17.1. The third-order valence-electron chi connectivity index (χ3n) is 6.14. The Bertz CT molecular complexity index is 1080. The zero-order valence-corrected chi connectivity index (χ0v) is 17.1. The van der Waals surface area contributed by atoms with Gasteiger partial charge in [-0.05, 0) is 42.9 Å². The van der Waals surface area contributed by atoms with E-state index in [4.69, 9.17) is 0 Å². The molecule has 4 N–H and O–H groups in total. The van der Waals surface area contributed by atoms with Crippen molar-refractivity contribution in [1.82, 2.24) is 14.9 Å². The summed E-state index contributed by atoms with van der Waals surface area (Å²) in [5.74, 6) is 0.310. The molecule has 0 radical (unpaired) electrons. The first-order valence-corrected chi connectivity index (χ1v) is 10.2. The van der Waals surface area contributed by atoms with Crippen molar-refractivity contribution < 1.29 is 10.2 Å². The Hall–Kier alpha value is -2.57. The second-order valence-electron chi connectivity index (χ2n) is 8.84. The van der Waals surface area contributed by atoms with Gasteiger partial charge in [-0.2, -0.15) is 0 Å². The van der Waals surface area contributed by atoms with E-state index in [2.05, 4.69) is 31.1 Å². The van der Waals surface area contributed by atoms with Crippen molar-refractivity contribution in [2.75, 3.05) is 0 Å². The number of hydrogen-bond acceptors (Lipinski definition) is 4. The molecule has 0 saturated heterocycles. The summed E-state index contributed by atoms with van der Waals surface area (Å²) < 4.78 is 1.73. The van der Waals surface area contributed by atoms with Gasteiger partial charge >= 0.3 is 5.69 Å². The Morgan fingerprint density at radius 3 is 2.76 bits per heavy atom. The van der Waals surface area contributed by atoms with Crippen molar-refractivity contribution in [3.05, 3.63) is 64.1 Å². The van der Waals surface area contributed by atoms with E-state index in [1.807, 2.05) is 36.4 Å². The summed E-state index contributed by atoms with van der Waals surface area (Å²) in [7, 11) is 0. The molecule has 4 rings (SSSR count). The molecule has 0 spiro atoms. The topological polar surface area (TPSA) is 90.3 Å². The highest BCUT2D eigenvalue weighted by atomic mass is 16.3. The number of phenolic OH excluding ortho intramolecular Hbond substituents is 1. The average Bonchev–Trinajstić information content (AvgIpc) is 2.91. The zero-order chi connectivity index (χ0) is 20.8. The van der Waals surface area contributed by atoms with E-state index in [0.717, 1.165) is 28.6 Å². The van der Waals surface area contributed by atoms with Crippen LogP contribution in [0.25, 0.3) is 11.0 Å². The first-order chi connectivity index (χ1) is 13.8. The first kappa shape index (κ1) is 19.7. The van der Waals surface area contributed by atoms with E-state index >= 15 is 0 Å². The Morgan fingerprint density at radius 1 is 1.24 bits per heavy atom. The van der Waals surface area contributed by atoms with E-state index in [0.29, 0.717) is 18.7 Å². The number of imidazole rings is 1. The third-order valence-corrected chi connectivity index (χ3v) is 6.14. The molecular formula is C23H29N3O3. The summed E-state index contributed by atoms with van der Waals surface area (Å²) in [6, 6.07) is 13.0. The normalized spacial score (nSPS) is 20.6. The number of H-pyrrole nitrogens is 1. The maximum atomic E-state index is 12.3. The number of aliphatic hydroxyl groups excluding tert-OH is 1. The fourth-order valence-corrected chi connectivity index (χ4v) is 4.86. The van der Waals surface area contributed by atoms with Crippen molar-refractivity contribution >= 4 is 11.0 Å². The van der Waals surface area contributed by atoms with Crippen molar-refractivity contribution in [3.8, 4) is 5.75 Å². The second kappa shape index (κ2) is 7.35. The van der Waals surface area contributed by atoms with Crippen LogP contribution in [-0.2, 0) is 12.0 Å². The number of benzene rings is 2. The molecule has 6 heteroatoms. The molecule has 3 atom stereocenters. The maximum absolute atomic E-state index is 12.3. The highest BCUT2D eigenvalue weighted by Crippen LogP contribution is 2.35. The number of nitrogens with zero attached hydrogens (tertiary/aromatic N) is 1. The fourth-order valence-electron chi connectivity index (χ4n) is 4.86. The smallest absolute Gasteiger partial charge is 0.326 e. The van der Waals surface area contributed by atoms with Crippen LogP contribution in [0.2, 0.25) is 0 Å². The monoisotopic (exact) mass is 395 g/mol. The van der Waals surface area contributed by atoms with Gasteiger partial charge in [-0.3, -0.25) is 4.57 Å². The fraction of sp³-hybridized carbons (Fsp3) is 0.435. The number of aromatic amines is 1. The predicted octanol–water partition coefficient (Wildman–Crippen LogP) is 3.19. The summed E-state index contributed by atoms with van der Waals surface area (Å²) >= 11 is 0. The summed E-state index contributed by atoms with van der Waals surface area (Å²) in [5.41, 5.74) is 2.91. The van der Waals surface area contributed by atoms with E-state index < -0.39 is 6.10 Å². The number of hydrogen-bond donors (Lipinski definition) is 4. The lowest BCUT2D eigenvalue weighted by atomic mass is 9.78. The Morgan fingerprint density at radius 2 is 2.00 bits per heavy atom. The van der Waals surface area contributed by atoms with Crippen LogP contribution < -0.4 is 11.0 Å². The van der Waals surface area contributed by atoms with Gasteiger partial charge in [0.1, 0.15) is 5.75 Å². The Labute approximate surface area is 170 Å². The largest absolute Gasteiger partial charge is 0.508 e. The lowest BCUT2D eigenvalue weighted by Crippen LogP contribution is -2.43. The molecule has 0 fully saturated rings. The predicted molar refractivity (Wildman–Crippen MR) is 114 cm³/mol. The molecular weight excluding hydrogens is 366 g/mol. The van der Waals surface area contributed by atoms with Crippen molar-refractivity contribution in [2.24, 2.45) is 0 Å². The summed E-state index contributed by atoms with van der Waals surface area (Å²) in [6.45, 7) is 6.90. The molecule has 154 valence electrons. The number of rotatable bonds is 5. The average molecular weight is 396 g/mol. The lowest BCUT2D eigenvalue weighted by molar-refractivity contribution is 0.116. The van der Waals surface area contributed by atoms with Gasteiger partial charge in [-0.1, -0.05) is 44.2 Å². The number of aliphatic hydroxyl groups is 1. The Balaban J connectivity index is 1.54.